The van der Waals surface area contributed by atoms with Gasteiger partial charge in [-0.2, -0.15) is 0 Å². The molecule has 4 nitrogen and oxygen atoms in total. The smallest absolute Gasteiger partial charge is 0.302 e. The number of ether oxygens (including phenoxy) is 1. The van der Waals surface area contributed by atoms with E-state index in [1.54, 1.807) is 0 Å². The van der Waals surface area contributed by atoms with Crippen molar-refractivity contribution in [2.45, 2.75) is 6.92 Å². The van der Waals surface area contributed by atoms with Crippen LogP contribution < -0.4 is 5.32 Å². The molecule has 0 aromatic carbocycles. The van der Waals surface area contributed by atoms with E-state index in [1.807, 2.05) is 0 Å². The van der Waals surface area contributed by atoms with Gasteiger partial charge in [-0.3, -0.25) is 9.69 Å². The Bertz CT molecular complexity index is 132. The Balaban J connectivity index is 1.98. The summed E-state index contributed by atoms with van der Waals surface area (Å²) in [5.41, 5.74) is 0. The number of rotatable bonds is 3. The van der Waals surface area contributed by atoms with Gasteiger partial charge in [0.15, 0.2) is 0 Å². The van der Waals surface area contributed by atoms with Gasteiger partial charge in [0.05, 0.1) is 0 Å². The maximum absolute atomic E-state index is 10.4. The lowest BCUT2D eigenvalue weighted by molar-refractivity contribution is -0.141. The zero-order valence-electron chi connectivity index (χ0n) is 6.80. The van der Waals surface area contributed by atoms with E-state index < -0.39 is 0 Å². The van der Waals surface area contributed by atoms with Crippen molar-refractivity contribution in [3.8, 4) is 0 Å². The third kappa shape index (κ3) is 3.34. The fraction of sp³-hybridized carbons (Fsp3) is 0.857. The molecule has 0 spiro atoms. The third-order valence-corrected chi connectivity index (χ3v) is 1.65. The first-order valence-electron chi connectivity index (χ1n) is 3.85. The van der Waals surface area contributed by atoms with Crippen LogP contribution in [0.1, 0.15) is 6.92 Å². The van der Waals surface area contributed by atoms with E-state index in [9.17, 15) is 4.79 Å². The highest BCUT2D eigenvalue weighted by Gasteiger charge is 2.09. The zero-order valence-corrected chi connectivity index (χ0v) is 6.80. The largest absolute Gasteiger partial charge is 0.465 e. The molecule has 0 amide bonds. The lowest BCUT2D eigenvalue weighted by Crippen LogP contribution is -2.26. The van der Waals surface area contributed by atoms with Gasteiger partial charge in [0.25, 0.3) is 0 Å². The second kappa shape index (κ2) is 4.31. The summed E-state index contributed by atoms with van der Waals surface area (Å²) < 4.78 is 4.80. The molecule has 1 aliphatic rings. The third-order valence-electron chi connectivity index (χ3n) is 1.65. The predicted octanol–water partition coefficient (Wildman–Crippen LogP) is -0.588. The second-order valence-electron chi connectivity index (χ2n) is 2.62. The van der Waals surface area contributed by atoms with E-state index in [0.29, 0.717) is 6.61 Å². The lowest BCUT2D eigenvalue weighted by atomic mass is 10.5. The minimum absolute atomic E-state index is 0.197. The van der Waals surface area contributed by atoms with Crippen molar-refractivity contribution in [3.63, 3.8) is 0 Å². The number of nitrogens with one attached hydrogen (secondary N) is 1. The van der Waals surface area contributed by atoms with Gasteiger partial charge < -0.3 is 10.1 Å². The van der Waals surface area contributed by atoms with Gasteiger partial charge in [0.2, 0.25) is 0 Å². The number of nitrogens with zero attached hydrogens (tertiary/aromatic N) is 1. The van der Waals surface area contributed by atoms with Crippen LogP contribution in [-0.4, -0.2) is 43.8 Å². The molecule has 4 heteroatoms. The van der Waals surface area contributed by atoms with Gasteiger partial charge in [0, 0.05) is 33.2 Å². The Morgan fingerprint density at radius 1 is 1.73 bits per heavy atom. The SMILES string of the molecule is CC(=O)OCCN1CCNC1. The minimum atomic E-state index is -0.197. The maximum atomic E-state index is 10.4. The second-order valence-corrected chi connectivity index (χ2v) is 2.62. The Hall–Kier alpha value is -0.610. The van der Waals surface area contributed by atoms with Crippen molar-refractivity contribution in [2.24, 2.45) is 0 Å². The molecule has 0 atom stereocenters. The fourth-order valence-electron chi connectivity index (χ4n) is 1.06. The van der Waals surface area contributed by atoms with Crippen LogP contribution in [0.3, 0.4) is 0 Å². The molecule has 1 heterocycles. The Morgan fingerprint density at radius 2 is 2.55 bits per heavy atom. The normalized spacial score (nSPS) is 18.6. The highest BCUT2D eigenvalue weighted by atomic mass is 16.5. The molecule has 64 valence electrons. The topological polar surface area (TPSA) is 41.6 Å². The number of esters is 1. The van der Waals surface area contributed by atoms with Gasteiger partial charge in [-0.25, -0.2) is 0 Å². The minimum Gasteiger partial charge on any atom is -0.465 e. The molecular formula is C7H14N2O2. The number of carbonyl (C=O) groups is 1. The maximum Gasteiger partial charge on any atom is 0.302 e. The summed E-state index contributed by atoms with van der Waals surface area (Å²) in [6.45, 7) is 5.80. The molecular weight excluding hydrogens is 144 g/mol. The van der Waals surface area contributed by atoms with E-state index in [-0.39, 0.29) is 5.97 Å². The summed E-state index contributed by atoms with van der Waals surface area (Å²) in [4.78, 5) is 12.6. The molecule has 1 aliphatic heterocycles. The monoisotopic (exact) mass is 158 g/mol. The Labute approximate surface area is 66.5 Å². The van der Waals surface area contributed by atoms with Crippen molar-refractivity contribution in [3.05, 3.63) is 0 Å². The number of hydrogen-bond acceptors (Lipinski definition) is 4. The first-order chi connectivity index (χ1) is 5.29. The highest BCUT2D eigenvalue weighted by Crippen LogP contribution is 1.91. The van der Waals surface area contributed by atoms with Crippen molar-refractivity contribution >= 4 is 5.97 Å². The fourth-order valence-corrected chi connectivity index (χ4v) is 1.06. The van der Waals surface area contributed by atoms with E-state index in [0.717, 1.165) is 26.3 Å². The van der Waals surface area contributed by atoms with Crippen LogP contribution in [0.4, 0.5) is 0 Å². The molecule has 1 saturated heterocycles. The van der Waals surface area contributed by atoms with Crippen LogP contribution in [0.25, 0.3) is 0 Å². The average Bonchev–Trinajstić information content (AvgIpc) is 2.39. The van der Waals surface area contributed by atoms with E-state index in [1.165, 1.54) is 6.92 Å². The van der Waals surface area contributed by atoms with Gasteiger partial charge in [-0.05, 0) is 0 Å². The van der Waals surface area contributed by atoms with Crippen molar-refractivity contribution in [1.29, 1.82) is 0 Å². The molecule has 1 fully saturated rings. The summed E-state index contributed by atoms with van der Waals surface area (Å²) >= 11 is 0. The molecule has 0 aliphatic carbocycles. The van der Waals surface area contributed by atoms with E-state index in [4.69, 9.17) is 4.74 Å². The van der Waals surface area contributed by atoms with Crippen molar-refractivity contribution in [1.82, 2.24) is 10.2 Å². The molecule has 0 unspecified atom stereocenters. The number of hydrogen-bond donors (Lipinski definition) is 1. The molecule has 0 saturated carbocycles. The van der Waals surface area contributed by atoms with Gasteiger partial charge in [0.1, 0.15) is 6.61 Å². The molecule has 0 aromatic heterocycles. The van der Waals surface area contributed by atoms with Gasteiger partial charge in [-0.15, -0.1) is 0 Å². The lowest BCUT2D eigenvalue weighted by Gasteiger charge is -2.12. The van der Waals surface area contributed by atoms with Gasteiger partial charge in [-0.1, -0.05) is 0 Å². The molecule has 0 aromatic rings. The van der Waals surface area contributed by atoms with E-state index in [2.05, 4.69) is 10.2 Å². The van der Waals surface area contributed by atoms with Crippen LogP contribution in [0.5, 0.6) is 0 Å². The van der Waals surface area contributed by atoms with Crippen molar-refractivity contribution in [2.75, 3.05) is 32.9 Å². The average molecular weight is 158 g/mol. The molecule has 1 N–H and O–H groups in total. The summed E-state index contributed by atoms with van der Waals surface area (Å²) in [7, 11) is 0. The number of carbonyl (C=O) groups excluding carboxylic acids is 1. The first-order valence-corrected chi connectivity index (χ1v) is 3.85. The predicted molar refractivity (Wildman–Crippen MR) is 41.1 cm³/mol. The molecule has 0 radical (unpaired) electrons. The standard InChI is InChI=1S/C7H14N2O2/c1-7(10)11-5-4-9-3-2-8-6-9/h8H,2-6H2,1H3. The van der Waals surface area contributed by atoms with Crippen LogP contribution in [0, 0.1) is 0 Å². The van der Waals surface area contributed by atoms with Gasteiger partial charge >= 0.3 is 5.97 Å². The van der Waals surface area contributed by atoms with Crippen LogP contribution in [0.15, 0.2) is 0 Å². The first kappa shape index (κ1) is 8.49. The highest BCUT2D eigenvalue weighted by molar-refractivity contribution is 5.65. The van der Waals surface area contributed by atoms with Crippen LogP contribution >= 0.6 is 0 Å². The van der Waals surface area contributed by atoms with Crippen LogP contribution in [0.2, 0.25) is 0 Å². The summed E-state index contributed by atoms with van der Waals surface area (Å²) in [5, 5.41) is 3.20. The summed E-state index contributed by atoms with van der Waals surface area (Å²) in [6, 6.07) is 0. The summed E-state index contributed by atoms with van der Waals surface area (Å²) in [6.07, 6.45) is 0. The molecule has 1 rings (SSSR count). The van der Waals surface area contributed by atoms with Crippen LogP contribution in [-0.2, 0) is 9.53 Å². The Kier molecular flexibility index (Phi) is 3.32. The zero-order chi connectivity index (χ0) is 8.10. The quantitative estimate of drug-likeness (QED) is 0.557. The van der Waals surface area contributed by atoms with Crippen molar-refractivity contribution < 1.29 is 9.53 Å². The molecule has 11 heavy (non-hydrogen) atoms. The molecule has 0 bridgehead atoms. The summed E-state index contributed by atoms with van der Waals surface area (Å²) in [5.74, 6) is -0.197. The van der Waals surface area contributed by atoms with E-state index >= 15 is 0 Å². The Morgan fingerprint density at radius 3 is 3.09 bits per heavy atom.